The van der Waals surface area contributed by atoms with Gasteiger partial charge in [0.15, 0.2) is 0 Å². The number of oxime groups is 1. The first-order valence-corrected chi connectivity index (χ1v) is 2.54. The van der Waals surface area contributed by atoms with Crippen molar-refractivity contribution < 1.29 is 14.7 Å². The minimum absolute atomic E-state index is 0.0706. The highest BCUT2D eigenvalue weighted by atomic mass is 35.5. The van der Waals surface area contributed by atoms with E-state index < -0.39 is 5.43 Å². The molecule has 0 atom stereocenters. The van der Waals surface area contributed by atoms with Crippen molar-refractivity contribution in [1.82, 2.24) is 0 Å². The maximum atomic E-state index is 9.87. The molecule has 0 aromatic rings. The van der Waals surface area contributed by atoms with Crippen molar-refractivity contribution in [3.05, 3.63) is 0 Å². The van der Waals surface area contributed by atoms with E-state index in [0.717, 1.165) is 0 Å². The molecule has 0 heterocycles. The zero-order chi connectivity index (χ0) is 7.28. The number of ether oxygens (including phenoxy) is 1. The maximum absolute atomic E-state index is 9.87. The second-order valence-electron chi connectivity index (χ2n) is 1.36. The summed E-state index contributed by atoms with van der Waals surface area (Å²) in [5.74, 6) is 0. The Balaban J connectivity index is 3.39. The third kappa shape index (κ3) is 5.10. The van der Waals surface area contributed by atoms with Crippen LogP contribution in [0.4, 0.5) is 4.79 Å². The van der Waals surface area contributed by atoms with Crippen molar-refractivity contribution in [2.45, 2.75) is 6.92 Å². The van der Waals surface area contributed by atoms with E-state index in [9.17, 15) is 4.79 Å². The van der Waals surface area contributed by atoms with Gasteiger partial charge in [0, 0.05) is 11.6 Å². The monoisotopic (exact) mass is 151 g/mol. The number of halogens is 1. The van der Waals surface area contributed by atoms with Gasteiger partial charge in [-0.1, -0.05) is 5.16 Å². The number of hydrogen-bond acceptors (Lipinski definition) is 4. The molecule has 9 heavy (non-hydrogen) atoms. The quantitative estimate of drug-likeness (QED) is 0.279. The number of carbonyl (C=O) groups is 1. The largest absolute Gasteiger partial charge is 0.447 e. The van der Waals surface area contributed by atoms with Crippen LogP contribution in [0, 0.1) is 0 Å². The van der Waals surface area contributed by atoms with Crippen LogP contribution in [0.5, 0.6) is 0 Å². The second-order valence-corrected chi connectivity index (χ2v) is 1.67. The zero-order valence-corrected chi connectivity index (χ0v) is 5.55. The summed E-state index contributed by atoms with van der Waals surface area (Å²) >= 11 is 4.78. The molecule has 0 radical (unpaired) electrons. The van der Waals surface area contributed by atoms with Crippen molar-refractivity contribution >= 4 is 22.7 Å². The lowest BCUT2D eigenvalue weighted by Crippen LogP contribution is -2.05. The minimum atomic E-state index is -0.905. The maximum Gasteiger partial charge on any atom is 0.404 e. The van der Waals surface area contributed by atoms with Gasteiger partial charge >= 0.3 is 5.43 Å². The second kappa shape index (κ2) is 4.14. The van der Waals surface area contributed by atoms with Gasteiger partial charge in [0.25, 0.3) is 0 Å². The van der Waals surface area contributed by atoms with E-state index in [-0.39, 0.29) is 6.61 Å². The standard InChI is InChI=1S/C4H6ClNO3/c1-3(6-8)2-9-4(5)7/h8H,2H2,1H3. The van der Waals surface area contributed by atoms with E-state index in [1.54, 1.807) is 0 Å². The molecule has 5 heteroatoms. The summed E-state index contributed by atoms with van der Waals surface area (Å²) in [4.78, 5) is 9.87. The van der Waals surface area contributed by atoms with Crippen LogP contribution in [-0.2, 0) is 4.74 Å². The molecule has 4 nitrogen and oxygen atoms in total. The first-order valence-electron chi connectivity index (χ1n) is 2.16. The molecule has 0 aliphatic heterocycles. The first-order chi connectivity index (χ1) is 4.16. The Labute approximate surface area is 57.1 Å². The van der Waals surface area contributed by atoms with Crippen molar-refractivity contribution in [2.24, 2.45) is 5.16 Å². The van der Waals surface area contributed by atoms with Crippen LogP contribution in [0.15, 0.2) is 5.16 Å². The first kappa shape index (κ1) is 8.23. The molecule has 1 N–H and O–H groups in total. The van der Waals surface area contributed by atoms with Gasteiger partial charge in [-0.05, 0) is 6.92 Å². The molecule has 0 amide bonds. The molecule has 0 aliphatic carbocycles. The summed E-state index contributed by atoms with van der Waals surface area (Å²) in [6.45, 7) is 1.43. The predicted molar refractivity (Wildman–Crippen MR) is 32.1 cm³/mol. The van der Waals surface area contributed by atoms with Gasteiger partial charge in [0.1, 0.15) is 6.61 Å². The van der Waals surface area contributed by atoms with Gasteiger partial charge in [-0.2, -0.15) is 0 Å². The van der Waals surface area contributed by atoms with Crippen LogP contribution in [0.2, 0.25) is 0 Å². The van der Waals surface area contributed by atoms with Gasteiger partial charge < -0.3 is 9.94 Å². The predicted octanol–water partition coefficient (Wildman–Crippen LogP) is 1.21. The Bertz CT molecular complexity index is 134. The average molecular weight is 152 g/mol. The molecule has 0 unspecified atom stereocenters. The fourth-order valence-corrected chi connectivity index (χ4v) is 0.245. The van der Waals surface area contributed by atoms with Crippen LogP contribution in [0.3, 0.4) is 0 Å². The number of nitrogens with zero attached hydrogens (tertiary/aromatic N) is 1. The third-order valence-corrected chi connectivity index (χ3v) is 0.674. The number of rotatable bonds is 2. The van der Waals surface area contributed by atoms with Gasteiger partial charge in [0.05, 0.1) is 5.71 Å². The van der Waals surface area contributed by atoms with Crippen molar-refractivity contribution in [2.75, 3.05) is 6.61 Å². The highest BCUT2D eigenvalue weighted by Crippen LogP contribution is 1.86. The molecule has 0 bridgehead atoms. The molecule has 0 aliphatic rings. The van der Waals surface area contributed by atoms with Gasteiger partial charge in [0.2, 0.25) is 0 Å². The summed E-state index contributed by atoms with van der Waals surface area (Å²) in [5.41, 5.74) is -0.609. The van der Waals surface area contributed by atoms with E-state index in [2.05, 4.69) is 9.89 Å². The SMILES string of the molecule is CC(COC(=O)Cl)=NO. The highest BCUT2D eigenvalue weighted by Gasteiger charge is 1.96. The lowest BCUT2D eigenvalue weighted by Gasteiger charge is -1.95. The zero-order valence-electron chi connectivity index (χ0n) is 4.80. The molecule has 0 aromatic carbocycles. The summed E-state index contributed by atoms with van der Waals surface area (Å²) in [6.07, 6.45) is 0. The molecule has 0 saturated carbocycles. The molecular formula is C4H6ClNO3. The average Bonchev–Trinajstić information content (AvgIpc) is 1.83. The van der Waals surface area contributed by atoms with Gasteiger partial charge in [-0.25, -0.2) is 4.79 Å². The van der Waals surface area contributed by atoms with Crippen LogP contribution in [-0.4, -0.2) is 23.0 Å². The fourth-order valence-electron chi connectivity index (χ4n) is 0.190. The molecule has 52 valence electrons. The summed E-state index contributed by atoms with van der Waals surface area (Å²) in [6, 6.07) is 0. The smallest absolute Gasteiger partial charge is 0.404 e. The summed E-state index contributed by atoms with van der Waals surface area (Å²) in [5, 5.41) is 10.7. The number of carbonyl (C=O) groups excluding carboxylic acids is 1. The Morgan fingerprint density at radius 1 is 1.89 bits per heavy atom. The Hall–Kier alpha value is -0.770. The molecule has 0 spiro atoms. The van der Waals surface area contributed by atoms with E-state index in [1.807, 2.05) is 0 Å². The lowest BCUT2D eigenvalue weighted by atomic mass is 10.5. The fraction of sp³-hybridized carbons (Fsp3) is 0.500. The van der Waals surface area contributed by atoms with Gasteiger partial charge in [-0.15, -0.1) is 0 Å². The molecule has 0 fully saturated rings. The molecular weight excluding hydrogens is 146 g/mol. The van der Waals surface area contributed by atoms with Crippen molar-refractivity contribution in [1.29, 1.82) is 0 Å². The van der Waals surface area contributed by atoms with E-state index in [1.165, 1.54) is 6.92 Å². The minimum Gasteiger partial charge on any atom is -0.447 e. The van der Waals surface area contributed by atoms with Gasteiger partial charge in [-0.3, -0.25) is 0 Å². The van der Waals surface area contributed by atoms with Crippen molar-refractivity contribution in [3.63, 3.8) is 0 Å². The van der Waals surface area contributed by atoms with Crippen LogP contribution >= 0.6 is 11.6 Å². The molecule has 0 rings (SSSR count). The third-order valence-electron chi connectivity index (χ3n) is 0.565. The molecule has 0 saturated heterocycles. The van der Waals surface area contributed by atoms with E-state index in [4.69, 9.17) is 16.8 Å². The summed E-state index contributed by atoms with van der Waals surface area (Å²) in [7, 11) is 0. The Kier molecular flexibility index (Phi) is 3.79. The summed E-state index contributed by atoms with van der Waals surface area (Å²) < 4.78 is 4.23. The normalized spacial score (nSPS) is 11.1. The van der Waals surface area contributed by atoms with E-state index in [0.29, 0.717) is 5.71 Å². The highest BCUT2D eigenvalue weighted by molar-refractivity contribution is 6.61. The topological polar surface area (TPSA) is 58.9 Å². The van der Waals surface area contributed by atoms with E-state index >= 15 is 0 Å². The lowest BCUT2D eigenvalue weighted by molar-refractivity contribution is 0.188. The van der Waals surface area contributed by atoms with Crippen LogP contribution in [0.25, 0.3) is 0 Å². The number of hydrogen-bond donors (Lipinski definition) is 1. The Morgan fingerprint density at radius 2 is 2.44 bits per heavy atom. The Morgan fingerprint density at radius 3 is 2.78 bits per heavy atom. The van der Waals surface area contributed by atoms with Crippen LogP contribution in [0.1, 0.15) is 6.92 Å². The molecule has 0 aromatic heterocycles. The van der Waals surface area contributed by atoms with Crippen LogP contribution < -0.4 is 0 Å². The van der Waals surface area contributed by atoms with Crippen molar-refractivity contribution in [3.8, 4) is 0 Å².